The second-order valence-electron chi connectivity index (χ2n) is 3.08. The first-order chi connectivity index (χ1) is 7.75. The van der Waals surface area contributed by atoms with Crippen molar-refractivity contribution in [2.75, 3.05) is 0 Å². The highest BCUT2D eigenvalue weighted by Crippen LogP contribution is 2.18. The molecule has 0 aliphatic heterocycles. The van der Waals surface area contributed by atoms with Crippen LogP contribution < -0.4 is 4.74 Å². The molecule has 4 nitrogen and oxygen atoms in total. The van der Waals surface area contributed by atoms with E-state index >= 15 is 0 Å². The Bertz CT molecular complexity index is 497. The van der Waals surface area contributed by atoms with E-state index in [2.05, 4.69) is 4.98 Å². The number of aromatic carboxylic acids is 1. The number of hydrogen-bond acceptors (Lipinski definition) is 3. The summed E-state index contributed by atoms with van der Waals surface area (Å²) >= 11 is 0. The van der Waals surface area contributed by atoms with Crippen LogP contribution in [-0.4, -0.2) is 16.1 Å². The first-order valence-corrected chi connectivity index (χ1v) is 4.69. The molecule has 0 aliphatic rings. The van der Waals surface area contributed by atoms with Crippen LogP contribution in [0.25, 0.3) is 0 Å². The standard InChI is InChI=1S/C12H9NO3/c14-12(15)10-7-4-8-11(13-10)16-9-5-2-1-3-6-9/h1-8H,(H,14,15). The summed E-state index contributed by atoms with van der Waals surface area (Å²) in [6.45, 7) is 0. The number of carboxylic acid groups (broad SMARTS) is 1. The van der Waals surface area contributed by atoms with Crippen LogP contribution in [0.2, 0.25) is 0 Å². The number of hydrogen-bond donors (Lipinski definition) is 1. The summed E-state index contributed by atoms with van der Waals surface area (Å²) in [6.07, 6.45) is 0. The molecule has 0 saturated heterocycles. The van der Waals surface area contributed by atoms with Crippen molar-refractivity contribution in [2.24, 2.45) is 0 Å². The molecule has 0 aliphatic carbocycles. The third kappa shape index (κ3) is 2.36. The highest BCUT2D eigenvalue weighted by atomic mass is 16.5. The first-order valence-electron chi connectivity index (χ1n) is 4.69. The summed E-state index contributed by atoms with van der Waals surface area (Å²) in [5.74, 6) is -0.179. The highest BCUT2D eigenvalue weighted by Gasteiger charge is 2.05. The Labute approximate surface area is 92.1 Å². The molecule has 0 atom stereocenters. The summed E-state index contributed by atoms with van der Waals surface area (Å²) in [7, 11) is 0. The fourth-order valence-corrected chi connectivity index (χ4v) is 1.20. The number of carboxylic acids is 1. The number of pyridine rings is 1. The third-order valence-electron chi connectivity index (χ3n) is 1.91. The van der Waals surface area contributed by atoms with Crippen LogP contribution in [0.5, 0.6) is 11.6 Å². The summed E-state index contributed by atoms with van der Waals surface area (Å²) in [4.78, 5) is 14.5. The van der Waals surface area contributed by atoms with Crippen LogP contribution in [0.4, 0.5) is 0 Å². The van der Waals surface area contributed by atoms with E-state index in [1.807, 2.05) is 18.2 Å². The van der Waals surface area contributed by atoms with E-state index in [-0.39, 0.29) is 11.6 Å². The Kier molecular flexibility index (Phi) is 2.82. The topological polar surface area (TPSA) is 59.4 Å². The smallest absolute Gasteiger partial charge is 0.354 e. The van der Waals surface area contributed by atoms with Crippen LogP contribution in [0, 0.1) is 0 Å². The Balaban J connectivity index is 2.22. The zero-order chi connectivity index (χ0) is 11.4. The average molecular weight is 215 g/mol. The Morgan fingerprint density at radius 3 is 2.50 bits per heavy atom. The molecule has 0 fully saturated rings. The quantitative estimate of drug-likeness (QED) is 0.854. The van der Waals surface area contributed by atoms with Gasteiger partial charge in [0.25, 0.3) is 0 Å². The zero-order valence-electron chi connectivity index (χ0n) is 8.33. The van der Waals surface area contributed by atoms with E-state index in [0.717, 1.165) is 0 Å². The molecule has 0 spiro atoms. The second kappa shape index (κ2) is 4.44. The molecule has 1 N–H and O–H groups in total. The third-order valence-corrected chi connectivity index (χ3v) is 1.91. The maximum atomic E-state index is 10.7. The highest BCUT2D eigenvalue weighted by molar-refractivity contribution is 5.85. The van der Waals surface area contributed by atoms with Crippen molar-refractivity contribution in [3.05, 3.63) is 54.2 Å². The second-order valence-corrected chi connectivity index (χ2v) is 3.08. The molecule has 2 aromatic rings. The van der Waals surface area contributed by atoms with Crippen LogP contribution in [0.15, 0.2) is 48.5 Å². The SMILES string of the molecule is O=C(O)c1cccc(Oc2ccccc2)n1. The van der Waals surface area contributed by atoms with Gasteiger partial charge < -0.3 is 9.84 Å². The van der Waals surface area contributed by atoms with Gasteiger partial charge in [0, 0.05) is 6.07 Å². The van der Waals surface area contributed by atoms with Crippen molar-refractivity contribution in [3.63, 3.8) is 0 Å². The number of aromatic nitrogens is 1. The number of carbonyl (C=O) groups is 1. The van der Waals surface area contributed by atoms with E-state index < -0.39 is 5.97 Å². The normalized spacial score (nSPS) is 9.75. The minimum absolute atomic E-state index is 0.0339. The van der Waals surface area contributed by atoms with Crippen LogP contribution in [0.3, 0.4) is 0 Å². The molecule has 1 aromatic carbocycles. The molecule has 80 valence electrons. The molecular weight excluding hydrogens is 206 g/mol. The van der Waals surface area contributed by atoms with Gasteiger partial charge in [0.15, 0.2) is 5.69 Å². The van der Waals surface area contributed by atoms with E-state index in [0.29, 0.717) is 5.75 Å². The Morgan fingerprint density at radius 2 is 1.81 bits per heavy atom. The minimum atomic E-state index is -1.07. The summed E-state index contributed by atoms with van der Waals surface area (Å²) in [5.41, 5.74) is -0.0339. The van der Waals surface area contributed by atoms with Crippen molar-refractivity contribution in [3.8, 4) is 11.6 Å². The molecule has 4 heteroatoms. The Morgan fingerprint density at radius 1 is 1.06 bits per heavy atom. The molecule has 1 aromatic heterocycles. The zero-order valence-corrected chi connectivity index (χ0v) is 8.33. The summed E-state index contributed by atoms with van der Waals surface area (Å²) in [6, 6.07) is 13.7. The van der Waals surface area contributed by atoms with Gasteiger partial charge in [-0.15, -0.1) is 0 Å². The number of nitrogens with zero attached hydrogens (tertiary/aromatic N) is 1. The van der Waals surface area contributed by atoms with Crippen molar-refractivity contribution >= 4 is 5.97 Å². The summed E-state index contributed by atoms with van der Waals surface area (Å²) < 4.78 is 5.39. The van der Waals surface area contributed by atoms with Gasteiger partial charge in [0.1, 0.15) is 5.75 Å². The van der Waals surface area contributed by atoms with Gasteiger partial charge in [0.2, 0.25) is 5.88 Å². The van der Waals surface area contributed by atoms with Crippen molar-refractivity contribution in [1.29, 1.82) is 0 Å². The van der Waals surface area contributed by atoms with Gasteiger partial charge >= 0.3 is 5.97 Å². The van der Waals surface area contributed by atoms with Crippen LogP contribution in [-0.2, 0) is 0 Å². The lowest BCUT2D eigenvalue weighted by atomic mass is 10.3. The van der Waals surface area contributed by atoms with E-state index in [1.54, 1.807) is 24.3 Å². The number of ether oxygens (including phenoxy) is 1. The van der Waals surface area contributed by atoms with Gasteiger partial charge in [-0.2, -0.15) is 0 Å². The first kappa shape index (κ1) is 10.2. The molecule has 0 bridgehead atoms. The molecule has 1 heterocycles. The Hall–Kier alpha value is -2.36. The van der Waals surface area contributed by atoms with E-state index in [9.17, 15) is 4.79 Å². The van der Waals surface area contributed by atoms with Gasteiger partial charge in [-0.25, -0.2) is 9.78 Å². The van der Waals surface area contributed by atoms with Crippen molar-refractivity contribution in [1.82, 2.24) is 4.98 Å². The molecular formula is C12H9NO3. The fourth-order valence-electron chi connectivity index (χ4n) is 1.20. The maximum absolute atomic E-state index is 10.7. The predicted molar refractivity (Wildman–Crippen MR) is 57.7 cm³/mol. The predicted octanol–water partition coefficient (Wildman–Crippen LogP) is 2.57. The monoisotopic (exact) mass is 215 g/mol. The largest absolute Gasteiger partial charge is 0.477 e. The van der Waals surface area contributed by atoms with Crippen molar-refractivity contribution < 1.29 is 14.6 Å². The molecule has 0 saturated carbocycles. The maximum Gasteiger partial charge on any atom is 0.354 e. The number of para-hydroxylation sites is 1. The fraction of sp³-hybridized carbons (Fsp3) is 0. The lowest BCUT2D eigenvalue weighted by Crippen LogP contribution is -2.00. The lowest BCUT2D eigenvalue weighted by molar-refractivity contribution is 0.0689. The number of benzene rings is 1. The lowest BCUT2D eigenvalue weighted by Gasteiger charge is -2.04. The van der Waals surface area contributed by atoms with Gasteiger partial charge in [-0.3, -0.25) is 0 Å². The van der Waals surface area contributed by atoms with Gasteiger partial charge in [-0.1, -0.05) is 24.3 Å². The molecule has 0 amide bonds. The van der Waals surface area contributed by atoms with E-state index in [1.165, 1.54) is 6.07 Å². The van der Waals surface area contributed by atoms with Crippen molar-refractivity contribution in [2.45, 2.75) is 0 Å². The summed E-state index contributed by atoms with van der Waals surface area (Å²) in [5, 5.41) is 8.76. The molecule has 0 radical (unpaired) electrons. The average Bonchev–Trinajstić information content (AvgIpc) is 2.30. The van der Waals surface area contributed by atoms with Gasteiger partial charge in [-0.05, 0) is 18.2 Å². The van der Waals surface area contributed by atoms with Gasteiger partial charge in [0.05, 0.1) is 0 Å². The van der Waals surface area contributed by atoms with Crippen LogP contribution in [0.1, 0.15) is 10.5 Å². The van der Waals surface area contributed by atoms with Crippen LogP contribution >= 0.6 is 0 Å². The minimum Gasteiger partial charge on any atom is -0.477 e. The molecule has 0 unspecified atom stereocenters. The van der Waals surface area contributed by atoms with E-state index in [4.69, 9.17) is 9.84 Å². The molecule has 2 rings (SSSR count). The molecule has 16 heavy (non-hydrogen) atoms. The number of rotatable bonds is 3.